The summed E-state index contributed by atoms with van der Waals surface area (Å²) in [5.41, 5.74) is 6.05. The summed E-state index contributed by atoms with van der Waals surface area (Å²) in [6.45, 7) is 0.408. The van der Waals surface area contributed by atoms with Gasteiger partial charge >= 0.3 is 0 Å². The Morgan fingerprint density at radius 3 is 2.62 bits per heavy atom. The molecule has 2 aliphatic carbocycles. The number of carbonyl (C=O) groups excluding carboxylic acids is 1. The zero-order chi connectivity index (χ0) is 16.4. The second kappa shape index (κ2) is 8.50. The fourth-order valence-corrected chi connectivity index (χ4v) is 4.56. The van der Waals surface area contributed by atoms with Gasteiger partial charge in [0.05, 0.1) is 0 Å². The topological polar surface area (TPSA) is 77.1 Å². The molecule has 1 aromatic rings. The lowest BCUT2D eigenvalue weighted by molar-refractivity contribution is -0.123. The zero-order valence-electron chi connectivity index (χ0n) is 13.6. The van der Waals surface area contributed by atoms with Crippen LogP contribution in [0, 0.1) is 11.8 Å². The molecule has 2 fully saturated rings. The molecule has 1 amide bonds. The van der Waals surface area contributed by atoms with Gasteiger partial charge in [-0.2, -0.15) is 0 Å². The minimum Gasteiger partial charge on any atom is -0.353 e. The second-order valence-electron chi connectivity index (χ2n) is 6.90. The van der Waals surface area contributed by atoms with E-state index in [0.717, 1.165) is 17.3 Å². The fourth-order valence-electron chi connectivity index (χ4n) is 4.18. The van der Waals surface area contributed by atoms with Crippen LogP contribution in [0.1, 0.15) is 38.5 Å². The van der Waals surface area contributed by atoms with Gasteiger partial charge in [-0.25, -0.2) is 0 Å². The predicted molar refractivity (Wildman–Crippen MR) is 100 cm³/mol. The molecule has 2 saturated carbocycles. The quantitative estimate of drug-likeness (QED) is 0.788. The van der Waals surface area contributed by atoms with Crippen LogP contribution in [0.25, 0.3) is 0 Å². The van der Waals surface area contributed by atoms with E-state index >= 15 is 0 Å². The van der Waals surface area contributed by atoms with E-state index in [-0.39, 0.29) is 29.9 Å². The minimum atomic E-state index is -0.0819. The van der Waals surface area contributed by atoms with Gasteiger partial charge in [-0.05, 0) is 59.5 Å². The molecule has 1 aromatic heterocycles. The molecule has 0 radical (unpaired) electrons. The van der Waals surface area contributed by atoms with Crippen LogP contribution >= 0.6 is 28.3 Å². The lowest BCUT2D eigenvalue weighted by Crippen LogP contribution is -2.53. The number of halogens is 2. The smallest absolute Gasteiger partial charge is 0.250 e. The molecule has 2 aliphatic rings. The monoisotopic (exact) mass is 417 g/mol. The highest BCUT2D eigenvalue weighted by Crippen LogP contribution is 2.39. The number of nitrogens with one attached hydrogen (secondary N) is 1. The maximum absolute atomic E-state index is 12.3. The average Bonchev–Trinajstić information content (AvgIpc) is 2.49. The molecule has 1 heterocycles. The molecule has 2 bridgehead atoms. The summed E-state index contributed by atoms with van der Waals surface area (Å²) in [7, 11) is 0. The van der Waals surface area contributed by atoms with Gasteiger partial charge in [0.2, 0.25) is 5.91 Å². The van der Waals surface area contributed by atoms with Crippen molar-refractivity contribution in [3.63, 3.8) is 0 Å². The maximum Gasteiger partial charge on any atom is 0.250 e. The summed E-state index contributed by atoms with van der Waals surface area (Å²) < 4.78 is 2.41. The number of hydrogen-bond donors (Lipinski definition) is 2. The van der Waals surface area contributed by atoms with Crippen molar-refractivity contribution < 1.29 is 4.79 Å². The van der Waals surface area contributed by atoms with E-state index in [4.69, 9.17) is 5.73 Å². The molecule has 5 nitrogen and oxygen atoms in total. The Labute approximate surface area is 156 Å². The number of amides is 1. The molecule has 2 unspecified atom stereocenters. The highest BCUT2D eigenvalue weighted by atomic mass is 79.9. The van der Waals surface area contributed by atoms with Crippen LogP contribution in [0.2, 0.25) is 0 Å². The Morgan fingerprint density at radius 2 is 1.96 bits per heavy atom. The van der Waals surface area contributed by atoms with Gasteiger partial charge in [0.25, 0.3) is 5.56 Å². The van der Waals surface area contributed by atoms with Gasteiger partial charge in [-0.15, -0.1) is 12.4 Å². The Morgan fingerprint density at radius 1 is 1.29 bits per heavy atom. The second-order valence-corrected chi connectivity index (χ2v) is 7.82. The first-order chi connectivity index (χ1) is 11.0. The van der Waals surface area contributed by atoms with Gasteiger partial charge in [0, 0.05) is 41.8 Å². The van der Waals surface area contributed by atoms with Crippen molar-refractivity contribution in [2.75, 3.05) is 0 Å². The first kappa shape index (κ1) is 19.5. The number of pyridine rings is 1. The van der Waals surface area contributed by atoms with E-state index in [2.05, 4.69) is 21.2 Å². The minimum absolute atomic E-state index is 0. The first-order valence-electron chi connectivity index (χ1n) is 8.44. The summed E-state index contributed by atoms with van der Waals surface area (Å²) >= 11 is 3.35. The van der Waals surface area contributed by atoms with Crippen molar-refractivity contribution in [1.29, 1.82) is 0 Å². The normalized spacial score (nSPS) is 28.8. The third-order valence-corrected chi connectivity index (χ3v) is 5.70. The molecule has 2 atom stereocenters. The largest absolute Gasteiger partial charge is 0.353 e. The van der Waals surface area contributed by atoms with E-state index in [1.165, 1.54) is 25.3 Å². The highest BCUT2D eigenvalue weighted by molar-refractivity contribution is 9.10. The molecular weight excluding hydrogens is 394 g/mol. The van der Waals surface area contributed by atoms with Crippen molar-refractivity contribution >= 4 is 34.2 Å². The number of rotatable bonds is 4. The van der Waals surface area contributed by atoms with Gasteiger partial charge in [-0.3, -0.25) is 9.59 Å². The van der Waals surface area contributed by atoms with E-state index in [1.807, 2.05) is 0 Å². The predicted octanol–water partition coefficient (Wildman–Crippen LogP) is 2.44. The van der Waals surface area contributed by atoms with Crippen LogP contribution in [0.5, 0.6) is 0 Å². The number of nitrogens with two attached hydrogens (primary N) is 1. The lowest BCUT2D eigenvalue weighted by Gasteiger charge is -2.45. The molecule has 0 aromatic carbocycles. The summed E-state index contributed by atoms with van der Waals surface area (Å²) in [6.07, 6.45) is 7.68. The van der Waals surface area contributed by atoms with Crippen molar-refractivity contribution in [1.82, 2.24) is 9.88 Å². The molecule has 3 N–H and O–H groups in total. The molecule has 0 saturated heterocycles. The van der Waals surface area contributed by atoms with Gasteiger partial charge in [-0.1, -0.05) is 6.42 Å². The van der Waals surface area contributed by atoms with E-state index in [1.54, 1.807) is 16.8 Å². The number of carbonyl (C=O) groups is 1. The Hall–Kier alpha value is -0.850. The zero-order valence-corrected chi connectivity index (χ0v) is 16.0. The van der Waals surface area contributed by atoms with Crippen LogP contribution in [0.15, 0.2) is 27.6 Å². The van der Waals surface area contributed by atoms with Crippen molar-refractivity contribution in [3.8, 4) is 0 Å². The van der Waals surface area contributed by atoms with Gasteiger partial charge < -0.3 is 15.6 Å². The molecule has 0 spiro atoms. The number of hydrogen-bond acceptors (Lipinski definition) is 3. The molecular formula is C17H25BrClN3O2. The lowest BCUT2D eigenvalue weighted by atomic mass is 9.67. The molecule has 24 heavy (non-hydrogen) atoms. The van der Waals surface area contributed by atoms with Crippen molar-refractivity contribution in [2.45, 2.75) is 57.2 Å². The summed E-state index contributed by atoms with van der Waals surface area (Å²) in [6, 6.07) is 3.79. The molecule has 134 valence electrons. The van der Waals surface area contributed by atoms with Crippen LogP contribution in [-0.2, 0) is 11.3 Å². The first-order valence-corrected chi connectivity index (χ1v) is 9.23. The van der Waals surface area contributed by atoms with E-state index in [0.29, 0.717) is 30.8 Å². The van der Waals surface area contributed by atoms with Gasteiger partial charge in [0.1, 0.15) is 0 Å². The Bertz CT molecular complexity index is 623. The molecule has 7 heteroatoms. The summed E-state index contributed by atoms with van der Waals surface area (Å²) in [5.74, 6) is 1.08. The maximum atomic E-state index is 12.3. The summed E-state index contributed by atoms with van der Waals surface area (Å²) in [5, 5.41) is 3.22. The molecule has 3 rings (SSSR count). The summed E-state index contributed by atoms with van der Waals surface area (Å²) in [4.78, 5) is 24.1. The Kier molecular flexibility index (Phi) is 6.89. The average molecular weight is 419 g/mol. The number of nitrogens with zero attached hydrogens (tertiary/aromatic N) is 1. The van der Waals surface area contributed by atoms with Crippen molar-refractivity contribution in [3.05, 3.63) is 33.2 Å². The van der Waals surface area contributed by atoms with Gasteiger partial charge in [0.15, 0.2) is 0 Å². The van der Waals surface area contributed by atoms with Crippen LogP contribution in [0.3, 0.4) is 0 Å². The van der Waals surface area contributed by atoms with Crippen molar-refractivity contribution in [2.24, 2.45) is 17.6 Å². The third kappa shape index (κ3) is 4.61. The standard InChI is InChI=1S/C17H24BrN3O2.ClH/c18-13-4-5-16(23)21(10-13)7-6-15(22)20-17-11-2-1-3-12(17)9-14(19)8-11;/h4-5,10-12,14,17H,1-3,6-9,19H2,(H,20,22);1H. The number of fused-ring (bicyclic) bond motifs is 2. The van der Waals surface area contributed by atoms with E-state index < -0.39 is 0 Å². The fraction of sp³-hybridized carbons (Fsp3) is 0.647. The molecule has 0 aliphatic heterocycles. The number of aromatic nitrogens is 1. The number of aryl methyl sites for hydroxylation is 1. The van der Waals surface area contributed by atoms with Crippen LogP contribution < -0.4 is 16.6 Å². The van der Waals surface area contributed by atoms with E-state index in [9.17, 15) is 9.59 Å². The SMILES string of the molecule is Cl.NC1CC2CCCC(C1)C2NC(=O)CCn1cc(Br)ccc1=O. The highest BCUT2D eigenvalue weighted by Gasteiger charge is 2.39. The third-order valence-electron chi connectivity index (χ3n) is 5.23. The van der Waals surface area contributed by atoms with Crippen LogP contribution in [-0.4, -0.2) is 22.6 Å². The van der Waals surface area contributed by atoms with Crippen LogP contribution in [0.4, 0.5) is 0 Å². The Balaban J connectivity index is 0.00000208.